The van der Waals surface area contributed by atoms with E-state index >= 15 is 0 Å². The van der Waals surface area contributed by atoms with E-state index in [-0.39, 0.29) is 17.9 Å². The van der Waals surface area contributed by atoms with Gasteiger partial charge in [-0.3, -0.25) is 9.52 Å². The van der Waals surface area contributed by atoms with Gasteiger partial charge in [0.1, 0.15) is 11.6 Å². The number of nitrogens with one attached hydrogen (secondary N) is 1. The van der Waals surface area contributed by atoms with Crippen LogP contribution in [0.25, 0.3) is 0 Å². The quantitative estimate of drug-likeness (QED) is 0.583. The molecule has 168 valence electrons. The number of pyridine rings is 1. The summed E-state index contributed by atoms with van der Waals surface area (Å²) in [5, 5.41) is 0. The van der Waals surface area contributed by atoms with E-state index in [4.69, 9.17) is 4.74 Å². The lowest BCUT2D eigenvalue weighted by atomic mass is 9.86. The molecular weight excluding hydrogens is 419 g/mol. The maximum Gasteiger partial charge on any atom is 0.229 e. The molecule has 0 radical (unpaired) electrons. The van der Waals surface area contributed by atoms with Crippen molar-refractivity contribution in [1.82, 2.24) is 4.98 Å². The van der Waals surface area contributed by atoms with Gasteiger partial charge in [0.2, 0.25) is 15.9 Å². The van der Waals surface area contributed by atoms with Crippen molar-refractivity contribution in [3.8, 4) is 5.88 Å². The van der Waals surface area contributed by atoms with Crippen LogP contribution in [0.15, 0.2) is 30.3 Å². The van der Waals surface area contributed by atoms with Crippen LogP contribution in [0.3, 0.4) is 0 Å². The van der Waals surface area contributed by atoms with Gasteiger partial charge in [0.05, 0.1) is 18.6 Å². The summed E-state index contributed by atoms with van der Waals surface area (Å²) in [4.78, 5) is 17.2. The number of aromatic nitrogens is 1. The van der Waals surface area contributed by atoms with Gasteiger partial charge in [-0.15, -0.1) is 0 Å². The number of ether oxygens (including phenoxy) is 1. The predicted molar refractivity (Wildman–Crippen MR) is 118 cm³/mol. The molecule has 0 amide bonds. The van der Waals surface area contributed by atoms with E-state index in [1.165, 1.54) is 31.4 Å². The van der Waals surface area contributed by atoms with Crippen molar-refractivity contribution < 1.29 is 22.3 Å². The predicted octanol–water partition coefficient (Wildman–Crippen LogP) is 4.38. The molecule has 1 atom stereocenters. The molecule has 6 nitrogen and oxygen atoms in total. The Morgan fingerprint density at radius 1 is 1.29 bits per heavy atom. The number of ketones is 1. The van der Waals surface area contributed by atoms with Crippen LogP contribution < -0.4 is 9.46 Å². The van der Waals surface area contributed by atoms with Crippen molar-refractivity contribution in [2.75, 3.05) is 17.6 Å². The SMILES string of the molecule is Cc1ccc(CCC(=O)C(C)c2ccc(NS(C)(=O)=O)c(F)c2)c(OCC2CCC2)n1. The molecule has 1 saturated carbocycles. The molecule has 1 unspecified atom stereocenters. The summed E-state index contributed by atoms with van der Waals surface area (Å²) >= 11 is 0. The van der Waals surface area contributed by atoms with Gasteiger partial charge in [-0.05, 0) is 55.9 Å². The number of benzene rings is 1. The second-order valence-electron chi connectivity index (χ2n) is 8.33. The smallest absolute Gasteiger partial charge is 0.229 e. The Kier molecular flexibility index (Phi) is 7.30. The molecule has 1 heterocycles. The third kappa shape index (κ3) is 6.50. The molecule has 1 N–H and O–H groups in total. The van der Waals surface area contributed by atoms with Crippen LogP contribution in [0.2, 0.25) is 0 Å². The Balaban J connectivity index is 1.63. The minimum absolute atomic E-state index is 0.0336. The number of anilines is 1. The number of halogens is 1. The fraction of sp³-hybridized carbons (Fsp3) is 0.478. The minimum atomic E-state index is -3.58. The highest BCUT2D eigenvalue weighted by molar-refractivity contribution is 7.92. The second kappa shape index (κ2) is 9.77. The highest BCUT2D eigenvalue weighted by Gasteiger charge is 2.21. The topological polar surface area (TPSA) is 85.4 Å². The molecule has 3 rings (SSSR count). The van der Waals surface area contributed by atoms with Gasteiger partial charge in [-0.1, -0.05) is 25.5 Å². The number of aryl methyl sites for hydroxylation is 2. The zero-order valence-corrected chi connectivity index (χ0v) is 19.0. The van der Waals surface area contributed by atoms with Crippen LogP contribution in [0, 0.1) is 18.7 Å². The van der Waals surface area contributed by atoms with Crippen LogP contribution in [-0.2, 0) is 21.2 Å². The number of nitrogens with zero attached hydrogens (tertiary/aromatic N) is 1. The largest absolute Gasteiger partial charge is 0.477 e. The lowest BCUT2D eigenvalue weighted by Crippen LogP contribution is -2.20. The maximum atomic E-state index is 14.3. The first-order valence-corrected chi connectivity index (χ1v) is 12.4. The van der Waals surface area contributed by atoms with E-state index in [9.17, 15) is 17.6 Å². The van der Waals surface area contributed by atoms with Gasteiger partial charge in [0.15, 0.2) is 0 Å². The van der Waals surface area contributed by atoms with Gasteiger partial charge < -0.3 is 4.74 Å². The van der Waals surface area contributed by atoms with E-state index in [0.717, 1.165) is 17.5 Å². The highest BCUT2D eigenvalue weighted by atomic mass is 32.2. The Hall–Kier alpha value is -2.48. The molecule has 0 aliphatic heterocycles. The van der Waals surface area contributed by atoms with Crippen LogP contribution in [-0.4, -0.2) is 32.0 Å². The van der Waals surface area contributed by atoms with Gasteiger partial charge in [-0.25, -0.2) is 17.8 Å². The molecule has 31 heavy (non-hydrogen) atoms. The normalized spacial score (nSPS) is 15.2. The van der Waals surface area contributed by atoms with Crippen molar-refractivity contribution in [2.45, 2.75) is 51.9 Å². The molecule has 2 aromatic rings. The molecular formula is C23H29FN2O4S. The van der Waals surface area contributed by atoms with Crippen molar-refractivity contribution in [2.24, 2.45) is 5.92 Å². The average molecular weight is 449 g/mol. The van der Waals surface area contributed by atoms with Crippen molar-refractivity contribution in [3.63, 3.8) is 0 Å². The number of Topliss-reactive ketones (excluding diaryl/α,β-unsaturated/α-hetero) is 1. The van der Waals surface area contributed by atoms with Gasteiger partial charge >= 0.3 is 0 Å². The molecule has 1 aromatic carbocycles. The Morgan fingerprint density at radius 2 is 2.03 bits per heavy atom. The Labute approximate surface area is 183 Å². The maximum absolute atomic E-state index is 14.3. The number of carbonyl (C=O) groups excluding carboxylic acids is 1. The third-order valence-corrected chi connectivity index (χ3v) is 6.26. The molecule has 0 bridgehead atoms. The van der Waals surface area contributed by atoms with E-state index < -0.39 is 21.8 Å². The van der Waals surface area contributed by atoms with Crippen LogP contribution in [0.5, 0.6) is 5.88 Å². The summed E-state index contributed by atoms with van der Waals surface area (Å²) in [6.45, 7) is 4.28. The summed E-state index contributed by atoms with van der Waals surface area (Å²) in [7, 11) is -3.58. The first kappa shape index (κ1) is 23.2. The number of hydrogen-bond donors (Lipinski definition) is 1. The standard InChI is InChI=1S/C23H29FN2O4S/c1-15-7-8-18(23(25-15)30-14-17-5-4-6-17)10-12-22(27)16(2)19-9-11-21(20(24)13-19)26-31(3,28)29/h7-9,11,13,16-17,26H,4-6,10,12,14H2,1-3H3. The molecule has 1 fully saturated rings. The molecule has 1 aliphatic rings. The molecule has 0 spiro atoms. The number of rotatable bonds is 10. The molecule has 1 aromatic heterocycles. The summed E-state index contributed by atoms with van der Waals surface area (Å²) in [5.41, 5.74) is 2.13. The molecule has 8 heteroatoms. The summed E-state index contributed by atoms with van der Waals surface area (Å²) in [5.74, 6) is -0.0771. The zero-order chi connectivity index (χ0) is 22.6. The van der Waals surface area contributed by atoms with Gasteiger partial charge in [0, 0.05) is 23.6 Å². The Morgan fingerprint density at radius 3 is 2.65 bits per heavy atom. The van der Waals surface area contributed by atoms with Crippen molar-refractivity contribution >= 4 is 21.5 Å². The zero-order valence-electron chi connectivity index (χ0n) is 18.2. The number of sulfonamides is 1. The van der Waals surface area contributed by atoms with E-state index in [1.54, 1.807) is 13.0 Å². The van der Waals surface area contributed by atoms with Crippen LogP contribution in [0.4, 0.5) is 10.1 Å². The number of carbonyl (C=O) groups is 1. The van der Waals surface area contributed by atoms with Crippen molar-refractivity contribution in [1.29, 1.82) is 0 Å². The van der Waals surface area contributed by atoms with Gasteiger partial charge in [0.25, 0.3) is 0 Å². The second-order valence-corrected chi connectivity index (χ2v) is 10.1. The highest BCUT2D eigenvalue weighted by Crippen LogP contribution is 2.29. The monoisotopic (exact) mass is 448 g/mol. The minimum Gasteiger partial charge on any atom is -0.477 e. The number of hydrogen-bond acceptors (Lipinski definition) is 5. The lowest BCUT2D eigenvalue weighted by molar-refractivity contribution is -0.120. The van der Waals surface area contributed by atoms with E-state index in [2.05, 4.69) is 9.71 Å². The Bertz CT molecular complexity index is 1050. The first-order chi connectivity index (χ1) is 14.6. The molecule has 1 aliphatic carbocycles. The van der Waals surface area contributed by atoms with Gasteiger partial charge in [-0.2, -0.15) is 0 Å². The van der Waals surface area contributed by atoms with Crippen molar-refractivity contribution in [3.05, 3.63) is 53.0 Å². The lowest BCUT2D eigenvalue weighted by Gasteiger charge is -2.25. The molecule has 0 saturated heterocycles. The fourth-order valence-corrected chi connectivity index (χ4v) is 4.04. The summed E-state index contributed by atoms with van der Waals surface area (Å²) < 4.78 is 44.9. The third-order valence-electron chi connectivity index (χ3n) is 5.67. The van der Waals surface area contributed by atoms with E-state index in [1.807, 2.05) is 19.1 Å². The fourth-order valence-electron chi connectivity index (χ4n) is 3.48. The average Bonchev–Trinajstić information content (AvgIpc) is 2.66. The van der Waals surface area contributed by atoms with E-state index in [0.29, 0.717) is 30.4 Å². The summed E-state index contributed by atoms with van der Waals surface area (Å²) in [6, 6.07) is 7.96. The summed E-state index contributed by atoms with van der Waals surface area (Å²) in [6.07, 6.45) is 5.35. The first-order valence-electron chi connectivity index (χ1n) is 10.5. The van der Waals surface area contributed by atoms with Crippen LogP contribution in [0.1, 0.15) is 55.3 Å². The van der Waals surface area contributed by atoms with Crippen LogP contribution >= 0.6 is 0 Å².